The number of benzene rings is 1. The summed E-state index contributed by atoms with van der Waals surface area (Å²) in [5.74, 6) is 1.01. The number of rotatable bonds is 7. The normalized spacial score (nSPS) is 11.6. The zero-order valence-electron chi connectivity index (χ0n) is 12.3. The maximum Gasteiger partial charge on any atom is 0.123 e. The van der Waals surface area contributed by atoms with Crippen molar-refractivity contribution < 1.29 is 4.74 Å². The first kappa shape index (κ1) is 15.0. The molecule has 1 N–H and O–H groups in total. The summed E-state index contributed by atoms with van der Waals surface area (Å²) < 4.78 is 5.92. The van der Waals surface area contributed by atoms with Gasteiger partial charge < -0.3 is 10.1 Å². The highest BCUT2D eigenvalue weighted by Gasteiger charge is 2.12. The van der Waals surface area contributed by atoms with Gasteiger partial charge in [-0.15, -0.1) is 0 Å². The fourth-order valence-electron chi connectivity index (χ4n) is 1.61. The third kappa shape index (κ3) is 6.06. The van der Waals surface area contributed by atoms with E-state index in [0.717, 1.165) is 25.4 Å². The third-order valence-electron chi connectivity index (χ3n) is 2.66. The minimum Gasteiger partial charge on any atom is -0.493 e. The predicted octanol–water partition coefficient (Wildman–Crippen LogP) is 4.00. The first-order valence-corrected chi connectivity index (χ1v) is 6.94. The topological polar surface area (TPSA) is 21.3 Å². The van der Waals surface area contributed by atoms with Crippen LogP contribution in [0.4, 0.5) is 0 Å². The molecule has 2 nitrogen and oxygen atoms in total. The van der Waals surface area contributed by atoms with Gasteiger partial charge in [0.05, 0.1) is 6.61 Å². The highest BCUT2D eigenvalue weighted by molar-refractivity contribution is 5.33. The molecule has 0 heterocycles. The molecule has 0 aliphatic rings. The average molecular weight is 249 g/mol. The lowest BCUT2D eigenvalue weighted by Crippen LogP contribution is -2.19. The van der Waals surface area contributed by atoms with Crippen LogP contribution in [0.5, 0.6) is 5.75 Å². The highest BCUT2D eigenvalue weighted by Crippen LogP contribution is 2.21. The molecule has 0 fully saturated rings. The van der Waals surface area contributed by atoms with Crippen molar-refractivity contribution in [1.82, 2.24) is 5.32 Å². The van der Waals surface area contributed by atoms with Gasteiger partial charge >= 0.3 is 0 Å². The summed E-state index contributed by atoms with van der Waals surface area (Å²) in [7, 11) is 0. The molecule has 0 saturated carbocycles. The van der Waals surface area contributed by atoms with E-state index < -0.39 is 0 Å². The monoisotopic (exact) mass is 249 g/mol. The van der Waals surface area contributed by atoms with Crippen LogP contribution >= 0.6 is 0 Å². The van der Waals surface area contributed by atoms with Crippen molar-refractivity contribution in [3.05, 3.63) is 29.8 Å². The SMILES string of the molecule is CCCCNCc1ccccc1OCC(C)(C)C. The Balaban J connectivity index is 2.51. The van der Waals surface area contributed by atoms with Gasteiger partial charge in [0.2, 0.25) is 0 Å². The van der Waals surface area contributed by atoms with E-state index in [4.69, 9.17) is 4.74 Å². The molecule has 0 radical (unpaired) electrons. The molecule has 1 aromatic carbocycles. The second-order valence-corrected chi connectivity index (χ2v) is 5.99. The van der Waals surface area contributed by atoms with Crippen LogP contribution in [-0.4, -0.2) is 13.2 Å². The number of ether oxygens (including phenoxy) is 1. The predicted molar refractivity (Wildman–Crippen MR) is 78.0 cm³/mol. The van der Waals surface area contributed by atoms with Gasteiger partial charge in [0, 0.05) is 12.1 Å². The summed E-state index contributed by atoms with van der Waals surface area (Å²) in [6.07, 6.45) is 2.46. The second-order valence-electron chi connectivity index (χ2n) is 5.99. The van der Waals surface area contributed by atoms with Crippen LogP contribution < -0.4 is 10.1 Å². The van der Waals surface area contributed by atoms with Gasteiger partial charge in [0.1, 0.15) is 5.75 Å². The minimum absolute atomic E-state index is 0.197. The summed E-state index contributed by atoms with van der Waals surface area (Å²) in [6, 6.07) is 8.30. The standard InChI is InChI=1S/C16H27NO/c1-5-6-11-17-12-14-9-7-8-10-15(14)18-13-16(2,3)4/h7-10,17H,5-6,11-13H2,1-4H3. The summed E-state index contributed by atoms with van der Waals surface area (Å²) in [4.78, 5) is 0. The lowest BCUT2D eigenvalue weighted by molar-refractivity contribution is 0.196. The summed E-state index contributed by atoms with van der Waals surface area (Å²) >= 11 is 0. The van der Waals surface area contributed by atoms with Crippen LogP contribution in [0.25, 0.3) is 0 Å². The lowest BCUT2D eigenvalue weighted by atomic mass is 9.98. The van der Waals surface area contributed by atoms with E-state index in [1.165, 1.54) is 18.4 Å². The second kappa shape index (κ2) is 7.42. The molecule has 0 aliphatic carbocycles. The van der Waals surface area contributed by atoms with Gasteiger partial charge in [0.25, 0.3) is 0 Å². The van der Waals surface area contributed by atoms with E-state index in [-0.39, 0.29) is 5.41 Å². The summed E-state index contributed by atoms with van der Waals surface area (Å²) in [5, 5.41) is 3.46. The molecule has 1 aromatic rings. The van der Waals surface area contributed by atoms with Gasteiger partial charge in [-0.2, -0.15) is 0 Å². The van der Waals surface area contributed by atoms with Gasteiger partial charge in [-0.1, -0.05) is 52.3 Å². The number of unbranched alkanes of at least 4 members (excludes halogenated alkanes) is 1. The number of nitrogens with one attached hydrogen (secondary N) is 1. The molecular weight excluding hydrogens is 222 g/mol. The van der Waals surface area contributed by atoms with Crippen LogP contribution in [0.15, 0.2) is 24.3 Å². The van der Waals surface area contributed by atoms with Crippen molar-refractivity contribution in [2.24, 2.45) is 5.41 Å². The van der Waals surface area contributed by atoms with Crippen LogP contribution in [0.2, 0.25) is 0 Å². The zero-order chi connectivity index (χ0) is 13.4. The molecule has 2 heteroatoms. The van der Waals surface area contributed by atoms with Crippen molar-refractivity contribution in [3.8, 4) is 5.75 Å². The fourth-order valence-corrected chi connectivity index (χ4v) is 1.61. The fraction of sp³-hybridized carbons (Fsp3) is 0.625. The lowest BCUT2D eigenvalue weighted by Gasteiger charge is -2.20. The summed E-state index contributed by atoms with van der Waals surface area (Å²) in [5.41, 5.74) is 1.45. The molecule has 0 atom stereocenters. The van der Waals surface area contributed by atoms with E-state index in [9.17, 15) is 0 Å². The van der Waals surface area contributed by atoms with Crippen molar-refractivity contribution in [2.45, 2.75) is 47.1 Å². The largest absolute Gasteiger partial charge is 0.493 e. The molecule has 0 aromatic heterocycles. The Kier molecular flexibility index (Phi) is 6.20. The van der Waals surface area contributed by atoms with Crippen LogP contribution in [0, 0.1) is 5.41 Å². The van der Waals surface area contributed by atoms with Gasteiger partial charge in [-0.25, -0.2) is 0 Å². The first-order chi connectivity index (χ1) is 8.53. The van der Waals surface area contributed by atoms with E-state index in [1.807, 2.05) is 6.07 Å². The Bertz CT molecular complexity index is 341. The summed E-state index contributed by atoms with van der Waals surface area (Å²) in [6.45, 7) is 11.5. The molecule has 0 unspecified atom stereocenters. The third-order valence-corrected chi connectivity index (χ3v) is 2.66. The molecule has 102 valence electrons. The van der Waals surface area contributed by atoms with Gasteiger partial charge in [-0.05, 0) is 24.4 Å². The van der Waals surface area contributed by atoms with Gasteiger partial charge in [-0.3, -0.25) is 0 Å². The number of hydrogen-bond acceptors (Lipinski definition) is 2. The van der Waals surface area contributed by atoms with E-state index in [2.05, 4.69) is 51.2 Å². The van der Waals surface area contributed by atoms with Gasteiger partial charge in [0.15, 0.2) is 0 Å². The smallest absolute Gasteiger partial charge is 0.123 e. The Hall–Kier alpha value is -1.02. The maximum absolute atomic E-state index is 5.92. The van der Waals surface area contributed by atoms with E-state index >= 15 is 0 Å². The van der Waals surface area contributed by atoms with Crippen molar-refractivity contribution in [1.29, 1.82) is 0 Å². The molecular formula is C16H27NO. The maximum atomic E-state index is 5.92. The quantitative estimate of drug-likeness (QED) is 0.737. The molecule has 1 rings (SSSR count). The molecule has 0 saturated heterocycles. The average Bonchev–Trinajstić information content (AvgIpc) is 2.32. The van der Waals surface area contributed by atoms with Crippen molar-refractivity contribution in [2.75, 3.05) is 13.2 Å². The van der Waals surface area contributed by atoms with E-state index in [0.29, 0.717) is 0 Å². The molecule has 0 spiro atoms. The van der Waals surface area contributed by atoms with Crippen LogP contribution in [0.3, 0.4) is 0 Å². The Morgan fingerprint density at radius 3 is 2.56 bits per heavy atom. The molecule has 0 amide bonds. The minimum atomic E-state index is 0.197. The Morgan fingerprint density at radius 2 is 1.89 bits per heavy atom. The first-order valence-electron chi connectivity index (χ1n) is 6.94. The number of hydrogen-bond donors (Lipinski definition) is 1. The van der Waals surface area contributed by atoms with Crippen LogP contribution in [0.1, 0.15) is 46.1 Å². The number of para-hydroxylation sites is 1. The van der Waals surface area contributed by atoms with Crippen molar-refractivity contribution in [3.63, 3.8) is 0 Å². The Morgan fingerprint density at radius 1 is 1.17 bits per heavy atom. The van der Waals surface area contributed by atoms with E-state index in [1.54, 1.807) is 0 Å². The van der Waals surface area contributed by atoms with Crippen molar-refractivity contribution >= 4 is 0 Å². The Labute approximate surface area is 112 Å². The highest BCUT2D eigenvalue weighted by atomic mass is 16.5. The molecule has 18 heavy (non-hydrogen) atoms. The zero-order valence-corrected chi connectivity index (χ0v) is 12.3. The van der Waals surface area contributed by atoms with Crippen LogP contribution in [-0.2, 0) is 6.54 Å². The molecule has 0 bridgehead atoms. The molecule has 0 aliphatic heterocycles.